The lowest BCUT2D eigenvalue weighted by Crippen LogP contribution is -2.46. The maximum absolute atomic E-state index is 13.5. The van der Waals surface area contributed by atoms with Gasteiger partial charge in [0, 0.05) is 22.9 Å². The number of hydrogen-bond acceptors (Lipinski definition) is 6. The molecule has 3 aromatic rings. The molecule has 4 rings (SSSR count). The molecule has 31 heavy (non-hydrogen) atoms. The minimum Gasteiger partial charge on any atom is -0.258 e. The third-order valence-corrected chi connectivity index (χ3v) is 6.28. The van der Waals surface area contributed by atoms with Crippen LogP contribution in [-0.2, 0) is 14.9 Å². The van der Waals surface area contributed by atoms with Gasteiger partial charge in [-0.05, 0) is 36.8 Å². The zero-order valence-electron chi connectivity index (χ0n) is 16.5. The summed E-state index contributed by atoms with van der Waals surface area (Å²) < 4.78 is 27.7. The van der Waals surface area contributed by atoms with E-state index in [-0.39, 0.29) is 16.3 Å². The van der Waals surface area contributed by atoms with E-state index in [0.29, 0.717) is 0 Å². The van der Waals surface area contributed by atoms with Gasteiger partial charge in [-0.15, -0.1) is 0 Å². The number of nitro benzene ring substituents is 1. The van der Waals surface area contributed by atoms with E-state index < -0.39 is 21.1 Å². The lowest BCUT2D eigenvalue weighted by molar-refractivity contribution is -0.384. The number of sulfonamides is 1. The van der Waals surface area contributed by atoms with Crippen molar-refractivity contribution in [2.45, 2.75) is 17.9 Å². The van der Waals surface area contributed by atoms with Crippen molar-refractivity contribution in [3.8, 4) is 0 Å². The highest BCUT2D eigenvalue weighted by molar-refractivity contribution is 7.89. The van der Waals surface area contributed by atoms with Crippen molar-refractivity contribution in [3.05, 3.63) is 112 Å². The van der Waals surface area contributed by atoms with Gasteiger partial charge < -0.3 is 0 Å². The monoisotopic (exact) mass is 437 g/mol. The molecule has 1 aliphatic rings. The van der Waals surface area contributed by atoms with Crippen LogP contribution in [0, 0.1) is 17.0 Å². The van der Waals surface area contributed by atoms with Gasteiger partial charge in [-0.25, -0.2) is 13.4 Å². The molecule has 0 fully saturated rings. The SMILES string of the molecule is Cc1ccc(S(=O)(=O)N2OC(c3ccccc3)C=CN2c2cccc([N+](=O)[O-])c2)cc1. The lowest BCUT2D eigenvalue weighted by atomic mass is 10.1. The van der Waals surface area contributed by atoms with E-state index in [4.69, 9.17) is 4.84 Å². The number of nitro groups is 1. The van der Waals surface area contributed by atoms with E-state index >= 15 is 0 Å². The van der Waals surface area contributed by atoms with E-state index in [9.17, 15) is 18.5 Å². The molecule has 1 atom stereocenters. The summed E-state index contributed by atoms with van der Waals surface area (Å²) in [5, 5.41) is 12.4. The molecule has 0 radical (unpaired) electrons. The van der Waals surface area contributed by atoms with E-state index in [2.05, 4.69) is 0 Å². The van der Waals surface area contributed by atoms with Gasteiger partial charge in [-0.3, -0.25) is 15.0 Å². The Hall–Kier alpha value is -3.53. The third kappa shape index (κ3) is 4.19. The first-order valence-corrected chi connectivity index (χ1v) is 10.9. The maximum atomic E-state index is 13.5. The van der Waals surface area contributed by atoms with Gasteiger partial charge in [0.15, 0.2) is 0 Å². The number of rotatable bonds is 5. The van der Waals surface area contributed by atoms with Crippen molar-refractivity contribution in [3.63, 3.8) is 0 Å². The minimum absolute atomic E-state index is 0.0376. The van der Waals surface area contributed by atoms with Gasteiger partial charge in [0.2, 0.25) is 0 Å². The Morgan fingerprint density at radius 1 is 0.968 bits per heavy atom. The molecule has 0 saturated carbocycles. The molecule has 8 nitrogen and oxygen atoms in total. The predicted molar refractivity (Wildman–Crippen MR) is 115 cm³/mol. The largest absolute Gasteiger partial charge is 0.283 e. The van der Waals surface area contributed by atoms with Crippen LogP contribution in [0.25, 0.3) is 0 Å². The number of hydrogen-bond donors (Lipinski definition) is 0. The first kappa shape index (κ1) is 20.7. The average Bonchev–Trinajstić information content (AvgIpc) is 2.79. The molecule has 1 unspecified atom stereocenters. The fourth-order valence-corrected chi connectivity index (χ4v) is 4.36. The first-order chi connectivity index (χ1) is 14.9. The Morgan fingerprint density at radius 2 is 1.68 bits per heavy atom. The van der Waals surface area contributed by atoms with Crippen LogP contribution in [0.15, 0.2) is 96.0 Å². The molecule has 0 aliphatic carbocycles. The summed E-state index contributed by atoms with van der Waals surface area (Å²) in [5.41, 5.74) is 1.79. The topological polar surface area (TPSA) is 93.0 Å². The molecular weight excluding hydrogens is 418 g/mol. The summed E-state index contributed by atoms with van der Waals surface area (Å²) in [6, 6.07) is 21.2. The molecule has 0 amide bonds. The highest BCUT2D eigenvalue weighted by atomic mass is 32.2. The Bertz CT molecular complexity index is 1230. The van der Waals surface area contributed by atoms with Crippen LogP contribution in [0.3, 0.4) is 0 Å². The lowest BCUT2D eigenvalue weighted by Gasteiger charge is -2.37. The molecule has 3 aromatic carbocycles. The summed E-state index contributed by atoms with van der Waals surface area (Å²) in [4.78, 5) is 16.6. The second-order valence-electron chi connectivity index (χ2n) is 6.93. The van der Waals surface area contributed by atoms with Crippen molar-refractivity contribution < 1.29 is 18.2 Å². The Balaban J connectivity index is 1.80. The second-order valence-corrected chi connectivity index (χ2v) is 8.66. The van der Waals surface area contributed by atoms with Gasteiger partial charge >= 0.3 is 0 Å². The number of anilines is 1. The first-order valence-electron chi connectivity index (χ1n) is 9.42. The molecule has 9 heteroatoms. The fourth-order valence-electron chi connectivity index (χ4n) is 3.11. The predicted octanol–water partition coefficient (Wildman–Crippen LogP) is 4.52. The fraction of sp³-hybridized carbons (Fsp3) is 0.0909. The molecule has 0 N–H and O–H groups in total. The molecule has 0 bridgehead atoms. The van der Waals surface area contributed by atoms with Crippen molar-refractivity contribution in [2.75, 3.05) is 5.01 Å². The number of non-ortho nitro benzene ring substituents is 1. The molecule has 0 saturated heterocycles. The van der Waals surface area contributed by atoms with E-state index in [1.54, 1.807) is 24.3 Å². The summed E-state index contributed by atoms with van der Waals surface area (Å²) in [5.74, 6) is 0. The Labute approximate surface area is 179 Å². The third-order valence-electron chi connectivity index (χ3n) is 4.74. The van der Waals surface area contributed by atoms with Gasteiger partial charge in [0.25, 0.3) is 15.7 Å². The maximum Gasteiger partial charge on any atom is 0.283 e. The molecule has 1 aliphatic heterocycles. The van der Waals surface area contributed by atoms with Crippen molar-refractivity contribution in [1.82, 2.24) is 4.58 Å². The van der Waals surface area contributed by atoms with E-state index in [0.717, 1.165) is 15.7 Å². The Morgan fingerprint density at radius 3 is 2.35 bits per heavy atom. The quantitative estimate of drug-likeness (QED) is 0.431. The standard InChI is InChI=1S/C22H19N3O5S/c1-17-10-12-21(13-11-17)31(28,29)25-23(19-8-5-9-20(16-19)24(26)27)15-14-22(30-25)18-6-3-2-4-7-18/h2-16,22H,1H3. The zero-order valence-corrected chi connectivity index (χ0v) is 17.3. The van der Waals surface area contributed by atoms with Crippen LogP contribution in [0.2, 0.25) is 0 Å². The molecule has 0 aromatic heterocycles. The van der Waals surface area contributed by atoms with E-state index in [1.165, 1.54) is 41.5 Å². The Kier molecular flexibility index (Phi) is 5.55. The van der Waals surface area contributed by atoms with Crippen LogP contribution in [0.1, 0.15) is 17.2 Å². The molecule has 1 heterocycles. The van der Waals surface area contributed by atoms with Gasteiger partial charge in [-0.1, -0.05) is 54.1 Å². The summed E-state index contributed by atoms with van der Waals surface area (Å²) in [7, 11) is -4.13. The molecule has 158 valence electrons. The zero-order chi connectivity index (χ0) is 22.0. The number of benzene rings is 3. The number of nitrogens with zero attached hydrogens (tertiary/aromatic N) is 3. The van der Waals surface area contributed by atoms with Crippen molar-refractivity contribution in [2.24, 2.45) is 0 Å². The van der Waals surface area contributed by atoms with Crippen LogP contribution in [0.5, 0.6) is 0 Å². The van der Waals surface area contributed by atoms with Crippen LogP contribution in [-0.4, -0.2) is 17.9 Å². The van der Waals surface area contributed by atoms with E-state index in [1.807, 2.05) is 37.3 Å². The average molecular weight is 437 g/mol. The highest BCUT2D eigenvalue weighted by Crippen LogP contribution is 2.34. The normalized spacial score (nSPS) is 16.9. The summed E-state index contributed by atoms with van der Waals surface area (Å²) >= 11 is 0. The second kappa shape index (κ2) is 8.31. The summed E-state index contributed by atoms with van der Waals surface area (Å²) in [6.07, 6.45) is 2.57. The van der Waals surface area contributed by atoms with Crippen LogP contribution < -0.4 is 5.01 Å². The van der Waals surface area contributed by atoms with Gasteiger partial charge in [0.05, 0.1) is 15.5 Å². The molecule has 0 spiro atoms. The van der Waals surface area contributed by atoms with Crippen molar-refractivity contribution in [1.29, 1.82) is 0 Å². The van der Waals surface area contributed by atoms with Crippen LogP contribution in [0.4, 0.5) is 11.4 Å². The van der Waals surface area contributed by atoms with Crippen LogP contribution >= 0.6 is 0 Å². The smallest absolute Gasteiger partial charge is 0.258 e. The number of aryl methyl sites for hydroxylation is 1. The summed E-state index contributed by atoms with van der Waals surface area (Å²) in [6.45, 7) is 1.86. The number of hydrazine groups is 1. The van der Waals surface area contributed by atoms with Gasteiger partial charge in [0.1, 0.15) is 6.10 Å². The van der Waals surface area contributed by atoms with Gasteiger partial charge in [-0.2, -0.15) is 0 Å². The highest BCUT2D eigenvalue weighted by Gasteiger charge is 2.36. The minimum atomic E-state index is -4.13. The molecular formula is C22H19N3O5S. The van der Waals surface area contributed by atoms with Crippen molar-refractivity contribution >= 4 is 21.4 Å².